The summed E-state index contributed by atoms with van der Waals surface area (Å²) in [4.78, 5) is 23.9. The Morgan fingerprint density at radius 3 is 2.56 bits per heavy atom. The molecule has 132 valence electrons. The van der Waals surface area contributed by atoms with Gasteiger partial charge in [0.25, 0.3) is 5.91 Å². The van der Waals surface area contributed by atoms with Gasteiger partial charge < -0.3 is 14.8 Å². The molecule has 5 heteroatoms. The van der Waals surface area contributed by atoms with Crippen LogP contribution in [0.25, 0.3) is 0 Å². The molecule has 0 radical (unpaired) electrons. The fourth-order valence-corrected chi connectivity index (χ4v) is 2.45. The van der Waals surface area contributed by atoms with E-state index in [9.17, 15) is 9.59 Å². The van der Waals surface area contributed by atoms with E-state index in [1.165, 1.54) is 0 Å². The van der Waals surface area contributed by atoms with Crippen LogP contribution in [0.2, 0.25) is 0 Å². The van der Waals surface area contributed by atoms with Crippen LogP contribution < -0.4 is 10.1 Å². The third-order valence-electron chi connectivity index (χ3n) is 3.72. The zero-order valence-corrected chi connectivity index (χ0v) is 14.8. The van der Waals surface area contributed by atoms with Crippen LogP contribution in [0.4, 0.5) is 5.69 Å². The fourth-order valence-electron chi connectivity index (χ4n) is 2.45. The average molecular weight is 341 g/mol. The van der Waals surface area contributed by atoms with E-state index in [4.69, 9.17) is 9.47 Å². The number of para-hydroxylation sites is 1. The molecule has 0 saturated carbocycles. The molecule has 2 rings (SSSR count). The van der Waals surface area contributed by atoms with Gasteiger partial charge in [-0.3, -0.25) is 4.79 Å². The van der Waals surface area contributed by atoms with Gasteiger partial charge >= 0.3 is 5.97 Å². The third-order valence-corrected chi connectivity index (χ3v) is 3.72. The molecule has 0 atom stereocenters. The lowest BCUT2D eigenvalue weighted by Crippen LogP contribution is -2.21. The summed E-state index contributed by atoms with van der Waals surface area (Å²) in [5.41, 5.74) is 3.32. The van der Waals surface area contributed by atoms with E-state index in [0.717, 1.165) is 23.2 Å². The van der Waals surface area contributed by atoms with Gasteiger partial charge in [-0.15, -0.1) is 0 Å². The number of esters is 1. The van der Waals surface area contributed by atoms with Gasteiger partial charge in [0, 0.05) is 5.69 Å². The summed E-state index contributed by atoms with van der Waals surface area (Å²) < 4.78 is 10.5. The molecule has 5 nitrogen and oxygen atoms in total. The lowest BCUT2D eigenvalue weighted by Gasteiger charge is -2.13. The Balaban J connectivity index is 1.99. The highest BCUT2D eigenvalue weighted by atomic mass is 16.5. The second-order valence-electron chi connectivity index (χ2n) is 5.55. The molecular weight excluding hydrogens is 318 g/mol. The van der Waals surface area contributed by atoms with Crippen molar-refractivity contribution in [1.82, 2.24) is 0 Å². The number of ether oxygens (including phenoxy) is 2. The molecule has 0 bridgehead atoms. The van der Waals surface area contributed by atoms with Crippen molar-refractivity contribution in [2.75, 3.05) is 18.5 Å². The van der Waals surface area contributed by atoms with Crippen LogP contribution in [-0.4, -0.2) is 25.1 Å². The standard InChI is InChI=1S/C20H23NO4/c1-4-15-9-6-8-14(3)19(15)21-18(22)13-25-17-11-7-10-16(12-17)20(23)24-5-2/h6-12H,4-5,13H2,1-3H3,(H,21,22). The number of rotatable bonds is 7. The van der Waals surface area contributed by atoms with Gasteiger partial charge in [-0.1, -0.05) is 31.2 Å². The van der Waals surface area contributed by atoms with Crippen LogP contribution in [0.15, 0.2) is 42.5 Å². The molecule has 0 spiro atoms. The molecule has 0 aliphatic carbocycles. The highest BCUT2D eigenvalue weighted by molar-refractivity contribution is 5.93. The van der Waals surface area contributed by atoms with Gasteiger partial charge in [0.1, 0.15) is 5.75 Å². The topological polar surface area (TPSA) is 64.6 Å². The number of nitrogens with one attached hydrogen (secondary N) is 1. The van der Waals surface area contributed by atoms with Gasteiger partial charge in [0.2, 0.25) is 0 Å². The van der Waals surface area contributed by atoms with Gasteiger partial charge in [-0.2, -0.15) is 0 Å². The van der Waals surface area contributed by atoms with E-state index in [1.54, 1.807) is 31.2 Å². The Bertz CT molecular complexity index is 755. The number of carbonyl (C=O) groups is 2. The minimum absolute atomic E-state index is 0.135. The number of carbonyl (C=O) groups excluding carboxylic acids is 2. The SMILES string of the molecule is CCOC(=O)c1cccc(OCC(=O)Nc2c(C)cccc2CC)c1. The average Bonchev–Trinajstić information content (AvgIpc) is 2.62. The highest BCUT2D eigenvalue weighted by Gasteiger charge is 2.11. The van der Waals surface area contributed by atoms with Crippen molar-refractivity contribution in [2.45, 2.75) is 27.2 Å². The second-order valence-corrected chi connectivity index (χ2v) is 5.55. The van der Waals surface area contributed by atoms with Crippen LogP contribution >= 0.6 is 0 Å². The molecule has 1 amide bonds. The number of amides is 1. The van der Waals surface area contributed by atoms with Crippen LogP contribution in [0.3, 0.4) is 0 Å². The van der Waals surface area contributed by atoms with Crippen molar-refractivity contribution in [3.05, 3.63) is 59.2 Å². The predicted octanol–water partition coefficient (Wildman–Crippen LogP) is 3.75. The number of aryl methyl sites for hydroxylation is 2. The van der Waals surface area contributed by atoms with E-state index in [0.29, 0.717) is 17.9 Å². The number of benzene rings is 2. The lowest BCUT2D eigenvalue weighted by molar-refractivity contribution is -0.118. The summed E-state index contributed by atoms with van der Waals surface area (Å²) >= 11 is 0. The Labute approximate surface area is 148 Å². The van der Waals surface area contributed by atoms with Gasteiger partial charge in [0.05, 0.1) is 12.2 Å². The first kappa shape index (κ1) is 18.5. The molecular formula is C20H23NO4. The van der Waals surface area contributed by atoms with E-state index in [1.807, 2.05) is 32.0 Å². The second kappa shape index (κ2) is 8.87. The monoisotopic (exact) mass is 341 g/mol. The number of hydrogen-bond donors (Lipinski definition) is 1. The molecule has 0 aliphatic rings. The first-order valence-corrected chi connectivity index (χ1v) is 8.33. The quantitative estimate of drug-likeness (QED) is 0.779. The third kappa shape index (κ3) is 5.08. The Morgan fingerprint density at radius 1 is 1.08 bits per heavy atom. The summed E-state index contributed by atoms with van der Waals surface area (Å²) in [6, 6.07) is 12.5. The molecule has 25 heavy (non-hydrogen) atoms. The van der Waals surface area contributed by atoms with Crippen molar-refractivity contribution in [1.29, 1.82) is 0 Å². The van der Waals surface area contributed by atoms with Crippen molar-refractivity contribution in [2.24, 2.45) is 0 Å². The van der Waals surface area contributed by atoms with Crippen molar-refractivity contribution >= 4 is 17.6 Å². The Hall–Kier alpha value is -2.82. The number of anilines is 1. The van der Waals surface area contributed by atoms with Crippen LogP contribution in [-0.2, 0) is 16.0 Å². The molecule has 0 heterocycles. The van der Waals surface area contributed by atoms with E-state index >= 15 is 0 Å². The minimum Gasteiger partial charge on any atom is -0.484 e. The largest absolute Gasteiger partial charge is 0.484 e. The summed E-state index contributed by atoms with van der Waals surface area (Å²) in [5, 5.41) is 2.90. The molecule has 0 unspecified atom stereocenters. The van der Waals surface area contributed by atoms with Gasteiger partial charge in [-0.25, -0.2) is 4.79 Å². The molecule has 0 fully saturated rings. The molecule has 0 aromatic heterocycles. The Kier molecular flexibility index (Phi) is 6.57. The van der Waals surface area contributed by atoms with Crippen LogP contribution in [0, 0.1) is 6.92 Å². The summed E-state index contributed by atoms with van der Waals surface area (Å²) in [7, 11) is 0. The maximum Gasteiger partial charge on any atom is 0.338 e. The highest BCUT2D eigenvalue weighted by Crippen LogP contribution is 2.21. The lowest BCUT2D eigenvalue weighted by atomic mass is 10.1. The molecule has 1 N–H and O–H groups in total. The predicted molar refractivity (Wildman–Crippen MR) is 97.1 cm³/mol. The maximum absolute atomic E-state index is 12.2. The smallest absolute Gasteiger partial charge is 0.338 e. The van der Waals surface area contributed by atoms with E-state index in [2.05, 4.69) is 5.32 Å². The van der Waals surface area contributed by atoms with Crippen molar-refractivity contribution in [3.8, 4) is 5.75 Å². The first-order valence-electron chi connectivity index (χ1n) is 8.33. The zero-order valence-electron chi connectivity index (χ0n) is 14.8. The van der Waals surface area contributed by atoms with Gasteiger partial charge in [0.15, 0.2) is 6.61 Å². The van der Waals surface area contributed by atoms with Crippen molar-refractivity contribution in [3.63, 3.8) is 0 Å². The molecule has 2 aromatic rings. The molecule has 0 saturated heterocycles. The van der Waals surface area contributed by atoms with Crippen LogP contribution in [0.1, 0.15) is 35.3 Å². The summed E-state index contributed by atoms with van der Waals surface area (Å²) in [6.07, 6.45) is 0.833. The maximum atomic E-state index is 12.2. The Morgan fingerprint density at radius 2 is 1.84 bits per heavy atom. The normalized spacial score (nSPS) is 10.2. The molecule has 0 aliphatic heterocycles. The van der Waals surface area contributed by atoms with Crippen LogP contribution in [0.5, 0.6) is 5.75 Å². The van der Waals surface area contributed by atoms with E-state index in [-0.39, 0.29) is 12.5 Å². The van der Waals surface area contributed by atoms with Gasteiger partial charge in [-0.05, 0) is 49.6 Å². The zero-order chi connectivity index (χ0) is 18.2. The summed E-state index contributed by atoms with van der Waals surface area (Å²) in [5.74, 6) is -0.211. The first-order chi connectivity index (χ1) is 12.0. The van der Waals surface area contributed by atoms with E-state index < -0.39 is 5.97 Å². The fraction of sp³-hybridized carbons (Fsp3) is 0.300. The van der Waals surface area contributed by atoms with Crippen molar-refractivity contribution < 1.29 is 19.1 Å². The minimum atomic E-state index is -0.412. The molecule has 2 aromatic carbocycles. The number of hydrogen-bond acceptors (Lipinski definition) is 4. The summed E-state index contributed by atoms with van der Waals surface area (Å²) in [6.45, 7) is 5.92.